The third-order valence-electron chi connectivity index (χ3n) is 2.43. The fourth-order valence-electron chi connectivity index (χ4n) is 1.82. The van der Waals surface area contributed by atoms with Crippen LogP contribution >= 0.6 is 11.6 Å². The average molecular weight is 220 g/mol. The van der Waals surface area contributed by atoms with Crippen molar-refractivity contribution in [2.24, 2.45) is 0 Å². The van der Waals surface area contributed by atoms with Crippen LogP contribution in [0.2, 0.25) is 0 Å². The number of hydrogen-bond acceptors (Lipinski definition) is 2. The Kier molecular flexibility index (Phi) is 4.68. The van der Waals surface area contributed by atoms with Crippen LogP contribution < -0.4 is 0 Å². The third-order valence-corrected chi connectivity index (χ3v) is 2.54. The summed E-state index contributed by atoms with van der Waals surface area (Å²) in [6, 6.07) is 0. The van der Waals surface area contributed by atoms with E-state index >= 15 is 0 Å². The zero-order valence-corrected chi connectivity index (χ0v) is 10.3. The summed E-state index contributed by atoms with van der Waals surface area (Å²) in [7, 11) is 0. The molecule has 1 atom stereocenters. The Morgan fingerprint density at radius 1 is 1.50 bits per heavy atom. The van der Waals surface area contributed by atoms with E-state index in [2.05, 4.69) is 11.8 Å². The van der Waals surface area contributed by atoms with Crippen LogP contribution in [-0.2, 0) is 4.74 Å². The van der Waals surface area contributed by atoms with Crippen LogP contribution in [0, 0.1) is 0 Å². The molecule has 0 saturated carbocycles. The van der Waals surface area contributed by atoms with Crippen molar-refractivity contribution in [2.75, 3.05) is 19.7 Å². The number of rotatable bonds is 5. The number of ether oxygens (including phenoxy) is 1. The Morgan fingerprint density at radius 2 is 2.21 bits per heavy atom. The minimum absolute atomic E-state index is 0.236. The molecule has 0 aromatic heterocycles. The van der Waals surface area contributed by atoms with Gasteiger partial charge in [0, 0.05) is 13.1 Å². The van der Waals surface area contributed by atoms with Crippen LogP contribution in [0.15, 0.2) is 0 Å². The summed E-state index contributed by atoms with van der Waals surface area (Å²) in [6.07, 6.45) is 3.93. The fraction of sp³-hybridized carbons (Fsp3) is 1.00. The van der Waals surface area contributed by atoms with Crippen LogP contribution in [-0.4, -0.2) is 35.7 Å². The van der Waals surface area contributed by atoms with Gasteiger partial charge in [-0.2, -0.15) is 0 Å². The Labute approximate surface area is 92.6 Å². The van der Waals surface area contributed by atoms with E-state index in [9.17, 15) is 0 Å². The van der Waals surface area contributed by atoms with Gasteiger partial charge in [-0.3, -0.25) is 4.90 Å². The summed E-state index contributed by atoms with van der Waals surface area (Å²) in [4.78, 5) is 2.18. The summed E-state index contributed by atoms with van der Waals surface area (Å²) >= 11 is 6.09. The minimum atomic E-state index is -0.236. The van der Waals surface area contributed by atoms with Crippen LogP contribution in [0.5, 0.6) is 0 Å². The molecule has 1 fully saturated rings. The van der Waals surface area contributed by atoms with Gasteiger partial charge in [-0.05, 0) is 33.1 Å². The molecule has 1 unspecified atom stereocenters. The number of hydrogen-bond donors (Lipinski definition) is 0. The van der Waals surface area contributed by atoms with Gasteiger partial charge in [-0.15, -0.1) is 11.6 Å². The van der Waals surface area contributed by atoms with Gasteiger partial charge in [0.15, 0.2) is 0 Å². The first-order valence-electron chi connectivity index (χ1n) is 5.57. The highest BCUT2D eigenvalue weighted by Gasteiger charge is 2.26. The Balaban J connectivity index is 2.29. The van der Waals surface area contributed by atoms with E-state index in [1.165, 1.54) is 19.4 Å². The second-order valence-electron chi connectivity index (χ2n) is 4.66. The van der Waals surface area contributed by atoms with Gasteiger partial charge in [-0.25, -0.2) is 0 Å². The average Bonchev–Trinajstić information content (AvgIpc) is 2.48. The molecule has 0 amide bonds. The van der Waals surface area contributed by atoms with Crippen molar-refractivity contribution in [3.05, 3.63) is 0 Å². The summed E-state index contributed by atoms with van der Waals surface area (Å²) < 4.78 is 5.83. The zero-order valence-electron chi connectivity index (χ0n) is 9.55. The van der Waals surface area contributed by atoms with Crippen molar-refractivity contribution in [1.82, 2.24) is 4.90 Å². The quantitative estimate of drug-likeness (QED) is 0.660. The summed E-state index contributed by atoms with van der Waals surface area (Å²) in [5.74, 6) is 0. The molecule has 0 aliphatic carbocycles. The lowest BCUT2D eigenvalue weighted by Crippen LogP contribution is -2.35. The molecule has 3 heteroatoms. The maximum atomic E-state index is 6.09. The minimum Gasteiger partial charge on any atom is -0.361 e. The van der Waals surface area contributed by atoms with Crippen molar-refractivity contribution in [2.45, 2.75) is 51.1 Å². The molecular formula is C11H22ClNO. The Bertz CT molecular complexity index is 167. The molecular weight excluding hydrogens is 198 g/mol. The monoisotopic (exact) mass is 219 g/mol. The van der Waals surface area contributed by atoms with E-state index in [1.807, 2.05) is 13.8 Å². The van der Waals surface area contributed by atoms with Crippen molar-refractivity contribution in [1.29, 1.82) is 0 Å². The van der Waals surface area contributed by atoms with E-state index in [0.717, 1.165) is 13.0 Å². The Hall–Kier alpha value is 0.210. The number of alkyl halides is 1. The summed E-state index contributed by atoms with van der Waals surface area (Å²) in [5.41, 5.74) is 0. The lowest BCUT2D eigenvalue weighted by atomic mass is 10.2. The van der Waals surface area contributed by atoms with Crippen molar-refractivity contribution in [3.63, 3.8) is 0 Å². The second kappa shape index (κ2) is 5.34. The second-order valence-corrected chi connectivity index (χ2v) is 5.69. The van der Waals surface area contributed by atoms with Gasteiger partial charge >= 0.3 is 0 Å². The molecule has 2 nitrogen and oxygen atoms in total. The van der Waals surface area contributed by atoms with Gasteiger partial charge < -0.3 is 4.74 Å². The van der Waals surface area contributed by atoms with Crippen molar-refractivity contribution in [3.8, 4) is 0 Å². The largest absolute Gasteiger partial charge is 0.361 e. The zero-order chi connectivity index (χ0) is 10.6. The highest BCUT2D eigenvalue weighted by molar-refractivity contribution is 6.23. The fourth-order valence-corrected chi connectivity index (χ4v) is 1.88. The summed E-state index contributed by atoms with van der Waals surface area (Å²) in [6.45, 7) is 9.16. The first kappa shape index (κ1) is 12.3. The first-order valence-corrected chi connectivity index (χ1v) is 5.95. The lowest BCUT2D eigenvalue weighted by molar-refractivity contribution is -0.0418. The predicted octanol–water partition coefficient (Wildman–Crippen LogP) is 2.85. The third kappa shape index (κ3) is 4.16. The Morgan fingerprint density at radius 3 is 2.79 bits per heavy atom. The van der Waals surface area contributed by atoms with Gasteiger partial charge in [0.05, 0.1) is 11.5 Å². The number of nitrogens with zero attached hydrogens (tertiary/aromatic N) is 1. The predicted molar refractivity (Wildman–Crippen MR) is 60.8 cm³/mol. The molecule has 1 saturated heterocycles. The number of halogens is 1. The van der Waals surface area contributed by atoms with Crippen molar-refractivity contribution < 1.29 is 4.74 Å². The van der Waals surface area contributed by atoms with Gasteiger partial charge in [0.2, 0.25) is 0 Å². The molecule has 1 heterocycles. The molecule has 1 aliphatic heterocycles. The van der Waals surface area contributed by atoms with Crippen LogP contribution in [0.25, 0.3) is 0 Å². The highest BCUT2D eigenvalue weighted by atomic mass is 35.5. The maximum Gasteiger partial charge on any atom is 0.110 e. The van der Waals surface area contributed by atoms with E-state index < -0.39 is 0 Å². The normalized spacial score (nSPS) is 24.4. The molecule has 14 heavy (non-hydrogen) atoms. The molecule has 0 spiro atoms. The van der Waals surface area contributed by atoms with Crippen molar-refractivity contribution >= 4 is 11.6 Å². The smallest absolute Gasteiger partial charge is 0.110 e. The lowest BCUT2D eigenvalue weighted by Gasteiger charge is -2.26. The van der Waals surface area contributed by atoms with Crippen LogP contribution in [0.4, 0.5) is 0 Å². The van der Waals surface area contributed by atoms with E-state index in [4.69, 9.17) is 16.3 Å². The molecule has 0 bridgehead atoms. The molecule has 0 aromatic rings. The SMILES string of the molecule is CCCN1CCCC1OCC(C)(C)Cl. The first-order chi connectivity index (χ1) is 6.53. The van der Waals surface area contributed by atoms with Crippen LogP contribution in [0.3, 0.4) is 0 Å². The number of likely N-dealkylation sites (tertiary alicyclic amines) is 1. The van der Waals surface area contributed by atoms with E-state index in [-0.39, 0.29) is 4.87 Å². The molecule has 0 N–H and O–H groups in total. The topological polar surface area (TPSA) is 12.5 Å². The highest BCUT2D eigenvalue weighted by Crippen LogP contribution is 2.21. The van der Waals surface area contributed by atoms with Gasteiger partial charge in [0.1, 0.15) is 6.23 Å². The summed E-state index contributed by atoms with van der Waals surface area (Å²) in [5, 5.41) is 0. The molecule has 1 rings (SSSR count). The standard InChI is InChI=1S/C11H22ClNO/c1-4-7-13-8-5-6-10(13)14-9-11(2,3)12/h10H,4-9H2,1-3H3. The molecule has 1 aliphatic rings. The van der Waals surface area contributed by atoms with Crippen LogP contribution in [0.1, 0.15) is 40.0 Å². The van der Waals surface area contributed by atoms with Gasteiger partial charge in [0.25, 0.3) is 0 Å². The molecule has 0 aromatic carbocycles. The van der Waals surface area contributed by atoms with E-state index in [1.54, 1.807) is 0 Å². The molecule has 84 valence electrons. The maximum absolute atomic E-state index is 6.09. The molecule has 0 radical (unpaired) electrons. The van der Waals surface area contributed by atoms with Gasteiger partial charge in [-0.1, -0.05) is 6.92 Å². The van der Waals surface area contributed by atoms with E-state index in [0.29, 0.717) is 12.8 Å².